The minimum atomic E-state index is -0.163. The normalized spacial score (nSPS) is 16.1. The Kier molecular flexibility index (Phi) is 6.96. The average molecular weight is 398 g/mol. The van der Waals surface area contributed by atoms with E-state index in [0.29, 0.717) is 5.75 Å². The molecule has 2 amide bonds. The van der Waals surface area contributed by atoms with Crippen LogP contribution in [0.5, 0.6) is 11.5 Å². The quantitative estimate of drug-likeness (QED) is 0.724. The van der Waals surface area contributed by atoms with E-state index in [1.807, 2.05) is 44.2 Å². The summed E-state index contributed by atoms with van der Waals surface area (Å²) in [4.78, 5) is 18.5. The first kappa shape index (κ1) is 21.0. The molecule has 2 unspecified atom stereocenters. The van der Waals surface area contributed by atoms with E-state index in [-0.39, 0.29) is 24.2 Å². The zero-order valence-electron chi connectivity index (χ0n) is 17.7. The monoisotopic (exact) mass is 397 g/mol. The number of rotatable bonds is 7. The summed E-state index contributed by atoms with van der Waals surface area (Å²) < 4.78 is 11.6. The maximum Gasteiger partial charge on any atom is 0.318 e. The van der Waals surface area contributed by atoms with Gasteiger partial charge in [-0.15, -0.1) is 0 Å². The number of benzene rings is 1. The van der Waals surface area contributed by atoms with Crippen LogP contribution in [-0.4, -0.2) is 36.2 Å². The van der Waals surface area contributed by atoms with Crippen LogP contribution in [0.4, 0.5) is 4.79 Å². The zero-order valence-corrected chi connectivity index (χ0v) is 17.7. The summed E-state index contributed by atoms with van der Waals surface area (Å²) in [5, 5.41) is 3.07. The summed E-state index contributed by atoms with van der Waals surface area (Å²) in [6.07, 6.45) is 8.39. The number of methoxy groups -OCH3 is 1. The molecule has 1 aromatic carbocycles. The number of nitrogens with one attached hydrogen (secondary N) is 1. The number of ether oxygens (including phenoxy) is 2. The highest BCUT2D eigenvalue weighted by Gasteiger charge is 2.21. The van der Waals surface area contributed by atoms with E-state index in [4.69, 9.17) is 9.47 Å². The van der Waals surface area contributed by atoms with E-state index in [1.165, 1.54) is 12.8 Å². The lowest BCUT2D eigenvalue weighted by atomic mass is 10.1. The number of carbonyl (C=O) groups excluding carboxylic acids is 1. The standard InChI is InChI=1S/C23H31N3O3/c1-16(25-23(27)26(3)17(2)18-11-13-24-14-12-18)19-9-10-21(22(15-19)28-4)29-20-7-5-6-8-20/h9-17,20H,5-8H2,1-4H3,(H,25,27). The van der Waals surface area contributed by atoms with Gasteiger partial charge in [0.1, 0.15) is 0 Å². The molecule has 6 nitrogen and oxygen atoms in total. The fourth-order valence-electron chi connectivity index (χ4n) is 3.65. The lowest BCUT2D eigenvalue weighted by Crippen LogP contribution is -2.39. The van der Waals surface area contributed by atoms with Gasteiger partial charge < -0.3 is 19.7 Å². The molecule has 1 aliphatic rings. The summed E-state index contributed by atoms with van der Waals surface area (Å²) in [6, 6.07) is 9.37. The molecule has 0 spiro atoms. The van der Waals surface area contributed by atoms with Crippen molar-refractivity contribution in [1.82, 2.24) is 15.2 Å². The highest BCUT2D eigenvalue weighted by atomic mass is 16.5. The lowest BCUT2D eigenvalue weighted by molar-refractivity contribution is 0.191. The summed E-state index contributed by atoms with van der Waals surface area (Å²) in [5.41, 5.74) is 2.01. The van der Waals surface area contributed by atoms with Crippen molar-refractivity contribution in [2.24, 2.45) is 0 Å². The van der Waals surface area contributed by atoms with E-state index in [2.05, 4.69) is 10.3 Å². The molecule has 0 saturated heterocycles. The summed E-state index contributed by atoms with van der Waals surface area (Å²) in [6.45, 7) is 3.97. The van der Waals surface area contributed by atoms with Crippen molar-refractivity contribution in [2.75, 3.05) is 14.2 Å². The smallest absolute Gasteiger partial charge is 0.318 e. The second-order valence-corrected chi connectivity index (χ2v) is 7.67. The van der Waals surface area contributed by atoms with Crippen LogP contribution in [0.25, 0.3) is 0 Å². The van der Waals surface area contributed by atoms with E-state index in [9.17, 15) is 4.79 Å². The Balaban J connectivity index is 1.64. The van der Waals surface area contributed by atoms with E-state index >= 15 is 0 Å². The topological polar surface area (TPSA) is 63.7 Å². The molecular formula is C23H31N3O3. The van der Waals surface area contributed by atoms with Crippen LogP contribution >= 0.6 is 0 Å². The van der Waals surface area contributed by atoms with E-state index in [1.54, 1.807) is 31.5 Å². The molecule has 0 radical (unpaired) electrons. The van der Waals surface area contributed by atoms with Crippen molar-refractivity contribution < 1.29 is 14.3 Å². The SMILES string of the molecule is COc1cc(C(C)NC(=O)N(C)C(C)c2ccncc2)ccc1OC1CCCC1. The Morgan fingerprint density at radius 1 is 1.10 bits per heavy atom. The third-order valence-corrected chi connectivity index (χ3v) is 5.71. The van der Waals surface area contributed by atoms with Gasteiger partial charge in [-0.1, -0.05) is 6.07 Å². The second-order valence-electron chi connectivity index (χ2n) is 7.67. The largest absolute Gasteiger partial charge is 0.493 e. The van der Waals surface area contributed by atoms with Crippen LogP contribution in [0, 0.1) is 0 Å². The molecule has 1 N–H and O–H groups in total. The molecule has 2 aromatic rings. The number of urea groups is 1. The molecule has 1 aliphatic carbocycles. The molecule has 1 saturated carbocycles. The molecule has 2 atom stereocenters. The van der Waals surface area contributed by atoms with Crippen molar-refractivity contribution in [2.45, 2.75) is 57.7 Å². The van der Waals surface area contributed by atoms with Crippen LogP contribution < -0.4 is 14.8 Å². The van der Waals surface area contributed by atoms with Gasteiger partial charge in [0.15, 0.2) is 11.5 Å². The van der Waals surface area contributed by atoms with Gasteiger partial charge in [0, 0.05) is 19.4 Å². The number of amides is 2. The van der Waals surface area contributed by atoms with Crippen LogP contribution in [0.15, 0.2) is 42.7 Å². The predicted octanol–water partition coefficient (Wildman–Crippen LogP) is 4.88. The predicted molar refractivity (Wildman–Crippen MR) is 113 cm³/mol. The Morgan fingerprint density at radius 2 is 1.79 bits per heavy atom. The fourth-order valence-corrected chi connectivity index (χ4v) is 3.65. The molecule has 0 bridgehead atoms. The van der Waals surface area contributed by atoms with Gasteiger partial charge in [-0.3, -0.25) is 4.98 Å². The molecule has 29 heavy (non-hydrogen) atoms. The average Bonchev–Trinajstić information content (AvgIpc) is 3.26. The minimum absolute atomic E-state index is 0.0538. The van der Waals surface area contributed by atoms with Gasteiger partial charge in [0.05, 0.1) is 25.3 Å². The summed E-state index contributed by atoms with van der Waals surface area (Å²) >= 11 is 0. The second kappa shape index (κ2) is 9.63. The number of aromatic nitrogens is 1. The van der Waals surface area contributed by atoms with Gasteiger partial charge in [0.25, 0.3) is 0 Å². The van der Waals surface area contributed by atoms with E-state index in [0.717, 1.165) is 29.7 Å². The van der Waals surface area contributed by atoms with Gasteiger partial charge in [-0.05, 0) is 74.9 Å². The number of nitrogens with zero attached hydrogens (tertiary/aromatic N) is 2. The summed E-state index contributed by atoms with van der Waals surface area (Å²) in [5.74, 6) is 1.47. The van der Waals surface area contributed by atoms with Gasteiger partial charge in [-0.2, -0.15) is 0 Å². The molecule has 1 heterocycles. The molecule has 3 rings (SSSR count). The lowest BCUT2D eigenvalue weighted by Gasteiger charge is -2.27. The van der Waals surface area contributed by atoms with Gasteiger partial charge >= 0.3 is 6.03 Å². The Labute approximate surface area is 173 Å². The molecule has 1 aromatic heterocycles. The number of hydrogen-bond donors (Lipinski definition) is 1. The number of hydrogen-bond acceptors (Lipinski definition) is 4. The maximum absolute atomic E-state index is 12.7. The molecule has 0 aliphatic heterocycles. The highest BCUT2D eigenvalue weighted by Crippen LogP contribution is 2.33. The zero-order chi connectivity index (χ0) is 20.8. The molecule has 6 heteroatoms. The fraction of sp³-hybridized carbons (Fsp3) is 0.478. The Hall–Kier alpha value is -2.76. The van der Waals surface area contributed by atoms with Crippen LogP contribution in [-0.2, 0) is 0 Å². The molecular weight excluding hydrogens is 366 g/mol. The van der Waals surface area contributed by atoms with Crippen molar-refractivity contribution in [3.05, 3.63) is 53.9 Å². The number of pyridine rings is 1. The van der Waals surface area contributed by atoms with Crippen molar-refractivity contribution in [3.8, 4) is 11.5 Å². The van der Waals surface area contributed by atoms with Crippen LogP contribution in [0.3, 0.4) is 0 Å². The first-order valence-electron chi connectivity index (χ1n) is 10.3. The van der Waals surface area contributed by atoms with Crippen LogP contribution in [0.1, 0.15) is 62.7 Å². The number of carbonyl (C=O) groups is 1. The van der Waals surface area contributed by atoms with E-state index < -0.39 is 0 Å². The highest BCUT2D eigenvalue weighted by molar-refractivity contribution is 5.75. The third-order valence-electron chi connectivity index (χ3n) is 5.71. The third kappa shape index (κ3) is 5.19. The van der Waals surface area contributed by atoms with Crippen molar-refractivity contribution in [1.29, 1.82) is 0 Å². The van der Waals surface area contributed by atoms with Gasteiger partial charge in [0.2, 0.25) is 0 Å². The first-order chi connectivity index (χ1) is 14.0. The van der Waals surface area contributed by atoms with Crippen molar-refractivity contribution >= 4 is 6.03 Å². The minimum Gasteiger partial charge on any atom is -0.493 e. The molecule has 1 fully saturated rings. The summed E-state index contributed by atoms with van der Waals surface area (Å²) in [7, 11) is 3.44. The first-order valence-corrected chi connectivity index (χ1v) is 10.3. The maximum atomic E-state index is 12.7. The van der Waals surface area contributed by atoms with Crippen LogP contribution in [0.2, 0.25) is 0 Å². The van der Waals surface area contributed by atoms with Crippen molar-refractivity contribution in [3.63, 3.8) is 0 Å². The van der Waals surface area contributed by atoms with Gasteiger partial charge in [-0.25, -0.2) is 4.79 Å². The Morgan fingerprint density at radius 3 is 2.45 bits per heavy atom. The Bertz CT molecular complexity index is 806. The molecule has 156 valence electrons.